The summed E-state index contributed by atoms with van der Waals surface area (Å²) in [6, 6.07) is 14.4. The number of halogens is 3. The number of aromatic nitrogens is 4. The van der Waals surface area contributed by atoms with E-state index in [1.165, 1.54) is 12.3 Å². The van der Waals surface area contributed by atoms with Crippen LogP contribution in [0.25, 0.3) is 22.0 Å². The molecule has 0 radical (unpaired) electrons. The Hall–Kier alpha value is -3.55. The summed E-state index contributed by atoms with van der Waals surface area (Å²) in [6.07, 6.45) is -0.800. The second kappa shape index (κ2) is 7.85. The van der Waals surface area contributed by atoms with Crippen LogP contribution in [0.1, 0.15) is 29.6 Å². The SMILES string of the molecule is Cc1ncc(-c2ccc(C(F)(F)F)nc2)c(OCC2CC2c2ccc3ccccc3n2)n1. The minimum Gasteiger partial charge on any atom is -0.477 e. The van der Waals surface area contributed by atoms with Gasteiger partial charge in [0, 0.05) is 40.9 Å². The minimum atomic E-state index is -4.49. The molecule has 5 nitrogen and oxygen atoms in total. The molecule has 1 fully saturated rings. The van der Waals surface area contributed by atoms with Crippen molar-refractivity contribution >= 4 is 10.9 Å². The van der Waals surface area contributed by atoms with Crippen molar-refractivity contribution in [3.05, 3.63) is 78.1 Å². The zero-order chi connectivity index (χ0) is 22.3. The molecule has 32 heavy (non-hydrogen) atoms. The summed E-state index contributed by atoms with van der Waals surface area (Å²) in [7, 11) is 0. The number of ether oxygens (including phenoxy) is 1. The van der Waals surface area contributed by atoms with Crippen molar-refractivity contribution < 1.29 is 17.9 Å². The van der Waals surface area contributed by atoms with Gasteiger partial charge in [0.1, 0.15) is 11.5 Å². The summed E-state index contributed by atoms with van der Waals surface area (Å²) in [5, 5.41) is 1.11. The molecule has 0 spiro atoms. The van der Waals surface area contributed by atoms with E-state index >= 15 is 0 Å². The second-order valence-electron chi connectivity index (χ2n) is 7.91. The van der Waals surface area contributed by atoms with Crippen LogP contribution in [0, 0.1) is 12.8 Å². The molecular formula is C24H19F3N4O. The van der Waals surface area contributed by atoms with Gasteiger partial charge in [-0.05, 0) is 31.5 Å². The molecule has 8 heteroatoms. The zero-order valence-electron chi connectivity index (χ0n) is 17.2. The Morgan fingerprint density at radius 1 is 0.969 bits per heavy atom. The van der Waals surface area contributed by atoms with Crippen molar-refractivity contribution in [1.82, 2.24) is 19.9 Å². The number of alkyl halides is 3. The van der Waals surface area contributed by atoms with E-state index in [0.29, 0.717) is 41.3 Å². The zero-order valence-corrected chi connectivity index (χ0v) is 17.2. The smallest absolute Gasteiger partial charge is 0.433 e. The molecule has 4 aromatic rings. The van der Waals surface area contributed by atoms with E-state index in [1.807, 2.05) is 24.3 Å². The van der Waals surface area contributed by atoms with Crippen molar-refractivity contribution in [3.63, 3.8) is 0 Å². The van der Waals surface area contributed by atoms with Crippen LogP contribution in [-0.4, -0.2) is 26.5 Å². The van der Waals surface area contributed by atoms with Crippen LogP contribution in [0.15, 0.2) is 60.9 Å². The number of benzene rings is 1. The van der Waals surface area contributed by atoms with Crippen LogP contribution in [-0.2, 0) is 6.18 Å². The van der Waals surface area contributed by atoms with Crippen LogP contribution in [0.5, 0.6) is 5.88 Å². The molecule has 1 saturated carbocycles. The molecule has 0 amide bonds. The molecule has 1 aliphatic rings. The highest BCUT2D eigenvalue weighted by atomic mass is 19.4. The van der Waals surface area contributed by atoms with Gasteiger partial charge in [0.2, 0.25) is 5.88 Å². The third-order valence-corrected chi connectivity index (χ3v) is 5.60. The molecule has 3 heterocycles. The lowest BCUT2D eigenvalue weighted by Gasteiger charge is -2.12. The minimum absolute atomic E-state index is 0.303. The molecule has 3 aromatic heterocycles. The lowest BCUT2D eigenvalue weighted by Crippen LogP contribution is -2.08. The molecule has 0 bridgehead atoms. The van der Waals surface area contributed by atoms with Gasteiger partial charge in [0.15, 0.2) is 0 Å². The number of pyridine rings is 2. The molecule has 5 rings (SSSR count). The maximum absolute atomic E-state index is 12.8. The number of rotatable bonds is 5. The third-order valence-electron chi connectivity index (χ3n) is 5.60. The summed E-state index contributed by atoms with van der Waals surface area (Å²) in [6.45, 7) is 2.18. The van der Waals surface area contributed by atoms with E-state index in [2.05, 4.69) is 27.1 Å². The van der Waals surface area contributed by atoms with E-state index in [9.17, 15) is 13.2 Å². The summed E-state index contributed by atoms with van der Waals surface area (Å²) in [5.41, 5.74) is 2.05. The monoisotopic (exact) mass is 436 g/mol. The fraction of sp³-hybridized carbons (Fsp3) is 0.250. The summed E-state index contributed by atoms with van der Waals surface area (Å²) < 4.78 is 44.5. The summed E-state index contributed by atoms with van der Waals surface area (Å²) in [4.78, 5) is 16.8. The largest absolute Gasteiger partial charge is 0.477 e. The second-order valence-corrected chi connectivity index (χ2v) is 7.91. The highest BCUT2D eigenvalue weighted by molar-refractivity contribution is 5.78. The summed E-state index contributed by atoms with van der Waals surface area (Å²) in [5.74, 6) is 1.49. The number of nitrogens with zero attached hydrogens (tertiary/aromatic N) is 4. The first-order chi connectivity index (χ1) is 15.4. The predicted molar refractivity (Wildman–Crippen MR) is 113 cm³/mol. The normalized spacial score (nSPS) is 18.0. The highest BCUT2D eigenvalue weighted by Gasteiger charge is 2.40. The quantitative estimate of drug-likeness (QED) is 0.408. The topological polar surface area (TPSA) is 60.8 Å². The van der Waals surface area contributed by atoms with Gasteiger partial charge >= 0.3 is 6.18 Å². The number of hydrogen-bond acceptors (Lipinski definition) is 5. The third kappa shape index (κ3) is 4.12. The first-order valence-electron chi connectivity index (χ1n) is 10.2. The lowest BCUT2D eigenvalue weighted by molar-refractivity contribution is -0.141. The van der Waals surface area contributed by atoms with Crippen molar-refractivity contribution in [3.8, 4) is 17.0 Å². The highest BCUT2D eigenvalue weighted by Crippen LogP contribution is 2.47. The van der Waals surface area contributed by atoms with Crippen molar-refractivity contribution in [2.75, 3.05) is 6.61 Å². The van der Waals surface area contributed by atoms with Gasteiger partial charge in [-0.1, -0.05) is 30.3 Å². The molecule has 0 N–H and O–H groups in total. The maximum Gasteiger partial charge on any atom is 0.433 e. The number of hydrogen-bond donors (Lipinski definition) is 0. The molecule has 162 valence electrons. The first-order valence-corrected chi connectivity index (χ1v) is 10.2. The standard InChI is InChI=1S/C24H19F3N4O/c1-14-28-12-19(16-7-9-22(29-11-16)24(25,26)27)23(30-14)32-13-17-10-18(17)21-8-6-15-4-2-3-5-20(15)31-21/h2-9,11-12,17-18H,10,13H2,1H3. The van der Waals surface area contributed by atoms with Crippen LogP contribution < -0.4 is 4.74 Å². The Balaban J connectivity index is 1.31. The maximum atomic E-state index is 12.8. The Morgan fingerprint density at radius 2 is 1.81 bits per heavy atom. The Labute approximate surface area is 182 Å². The average Bonchev–Trinajstić information content (AvgIpc) is 3.57. The molecule has 1 aliphatic carbocycles. The van der Waals surface area contributed by atoms with Gasteiger partial charge in [-0.2, -0.15) is 18.2 Å². The van der Waals surface area contributed by atoms with Gasteiger partial charge in [-0.15, -0.1) is 0 Å². The first kappa shape index (κ1) is 20.4. The van der Waals surface area contributed by atoms with Crippen LogP contribution in [0.2, 0.25) is 0 Å². The van der Waals surface area contributed by atoms with Gasteiger partial charge in [-0.25, -0.2) is 4.98 Å². The van der Waals surface area contributed by atoms with Gasteiger partial charge in [-0.3, -0.25) is 9.97 Å². The fourth-order valence-electron chi connectivity index (χ4n) is 3.75. The number of para-hydroxylation sites is 1. The number of fused-ring (bicyclic) bond motifs is 1. The van der Waals surface area contributed by atoms with Gasteiger partial charge in [0.05, 0.1) is 17.7 Å². The van der Waals surface area contributed by atoms with Crippen molar-refractivity contribution in [2.24, 2.45) is 5.92 Å². The van der Waals surface area contributed by atoms with Gasteiger partial charge < -0.3 is 4.74 Å². The Morgan fingerprint density at radius 3 is 2.59 bits per heavy atom. The van der Waals surface area contributed by atoms with Crippen molar-refractivity contribution in [1.29, 1.82) is 0 Å². The van der Waals surface area contributed by atoms with Gasteiger partial charge in [0.25, 0.3) is 0 Å². The van der Waals surface area contributed by atoms with Crippen LogP contribution in [0.4, 0.5) is 13.2 Å². The van der Waals surface area contributed by atoms with E-state index in [-0.39, 0.29) is 0 Å². The molecule has 1 aromatic carbocycles. The average molecular weight is 436 g/mol. The number of aryl methyl sites for hydroxylation is 1. The van der Waals surface area contributed by atoms with Crippen LogP contribution in [0.3, 0.4) is 0 Å². The van der Waals surface area contributed by atoms with E-state index < -0.39 is 11.9 Å². The van der Waals surface area contributed by atoms with Crippen LogP contribution >= 0.6 is 0 Å². The fourth-order valence-corrected chi connectivity index (χ4v) is 3.75. The van der Waals surface area contributed by atoms with E-state index in [0.717, 1.165) is 29.1 Å². The molecular weight excluding hydrogens is 417 g/mol. The predicted octanol–water partition coefficient (Wildman–Crippen LogP) is 5.60. The molecule has 0 aliphatic heterocycles. The van der Waals surface area contributed by atoms with E-state index in [1.54, 1.807) is 13.1 Å². The summed E-state index contributed by atoms with van der Waals surface area (Å²) >= 11 is 0. The lowest BCUT2D eigenvalue weighted by atomic mass is 10.1. The van der Waals surface area contributed by atoms with Crippen molar-refractivity contribution in [2.45, 2.75) is 25.4 Å². The Bertz CT molecular complexity index is 1270. The molecule has 2 unspecified atom stereocenters. The van der Waals surface area contributed by atoms with E-state index in [4.69, 9.17) is 9.72 Å². The Kier molecular flexibility index (Phi) is 5.00. The molecule has 2 atom stereocenters. The molecule has 0 saturated heterocycles.